The van der Waals surface area contributed by atoms with Crippen LogP contribution >= 0.6 is 22.7 Å². The molecule has 1 aliphatic heterocycles. The van der Waals surface area contributed by atoms with Crippen LogP contribution in [0.3, 0.4) is 0 Å². The number of nitrogens with zero attached hydrogens (tertiary/aromatic N) is 3. The second kappa shape index (κ2) is 10.9. The molecular formula is C25H33N5O2S2. The average Bonchev–Trinajstić information content (AvgIpc) is 3.39. The largest absolute Gasteiger partial charge is 0.340 e. The van der Waals surface area contributed by atoms with Crippen molar-refractivity contribution in [3.63, 3.8) is 0 Å². The topological polar surface area (TPSA) is 91.6 Å². The monoisotopic (exact) mass is 499 g/mol. The summed E-state index contributed by atoms with van der Waals surface area (Å²) in [5, 5.41) is 4.99. The van der Waals surface area contributed by atoms with Crippen molar-refractivity contribution in [1.82, 2.24) is 14.8 Å². The minimum Gasteiger partial charge on any atom is -0.340 e. The van der Waals surface area contributed by atoms with E-state index in [4.69, 9.17) is 10.7 Å². The van der Waals surface area contributed by atoms with Crippen LogP contribution in [0.25, 0.3) is 20.8 Å². The van der Waals surface area contributed by atoms with Crippen LogP contribution in [0.15, 0.2) is 24.3 Å². The normalized spacial score (nSPS) is 14.7. The molecule has 182 valence electrons. The van der Waals surface area contributed by atoms with Gasteiger partial charge in [-0.2, -0.15) is 0 Å². The van der Waals surface area contributed by atoms with Crippen molar-refractivity contribution in [2.75, 3.05) is 31.5 Å². The maximum Gasteiger partial charge on any atom is 0.226 e. The number of benzene rings is 1. The average molecular weight is 500 g/mol. The molecule has 3 heterocycles. The molecule has 9 heteroatoms. The van der Waals surface area contributed by atoms with Gasteiger partial charge in [-0.3, -0.25) is 14.5 Å². The van der Waals surface area contributed by atoms with Gasteiger partial charge in [-0.1, -0.05) is 19.1 Å². The fourth-order valence-electron chi connectivity index (χ4n) is 4.44. The molecule has 1 atom stereocenters. The summed E-state index contributed by atoms with van der Waals surface area (Å²) in [5.74, 6) is -0.0711. The molecule has 0 bridgehead atoms. The van der Waals surface area contributed by atoms with Gasteiger partial charge in [-0.25, -0.2) is 4.98 Å². The van der Waals surface area contributed by atoms with E-state index in [-0.39, 0.29) is 24.3 Å². The molecule has 1 aromatic carbocycles. The number of rotatable bonds is 9. The number of hydrogen-bond acceptors (Lipinski definition) is 7. The van der Waals surface area contributed by atoms with E-state index in [9.17, 15) is 9.59 Å². The number of amides is 2. The van der Waals surface area contributed by atoms with E-state index >= 15 is 0 Å². The number of aromatic nitrogens is 1. The first-order chi connectivity index (χ1) is 16.4. The maximum atomic E-state index is 13.0. The van der Waals surface area contributed by atoms with Gasteiger partial charge in [0.15, 0.2) is 0 Å². The van der Waals surface area contributed by atoms with Crippen molar-refractivity contribution in [2.45, 2.75) is 52.6 Å². The highest BCUT2D eigenvalue weighted by atomic mass is 32.1. The van der Waals surface area contributed by atoms with Crippen LogP contribution in [-0.2, 0) is 22.6 Å². The first kappa shape index (κ1) is 24.8. The minimum absolute atomic E-state index is 0.00361. The molecule has 0 fully saturated rings. The molecule has 1 unspecified atom stereocenters. The Labute approximate surface area is 209 Å². The summed E-state index contributed by atoms with van der Waals surface area (Å²) < 4.78 is 1.14. The number of thiophene rings is 1. The van der Waals surface area contributed by atoms with Crippen molar-refractivity contribution >= 4 is 49.7 Å². The van der Waals surface area contributed by atoms with E-state index in [2.05, 4.69) is 23.2 Å². The Hall–Kier alpha value is -2.33. The summed E-state index contributed by atoms with van der Waals surface area (Å²) in [7, 11) is 0. The lowest BCUT2D eigenvalue weighted by molar-refractivity contribution is -0.131. The van der Waals surface area contributed by atoms with Crippen LogP contribution in [0.2, 0.25) is 0 Å². The van der Waals surface area contributed by atoms with Crippen LogP contribution in [-0.4, -0.2) is 58.8 Å². The highest BCUT2D eigenvalue weighted by molar-refractivity contribution is 7.22. The first-order valence-corrected chi connectivity index (χ1v) is 13.5. The standard InChI is InChI=1S/C25H33N5O2S2/c1-4-16(2)30(17(3)31)13-10-22(32)28-25-23(24-27-19-7-5-6-8-20(19)33-24)18-9-12-29(14-11-26)15-21(18)34-25/h5-8,16H,4,9-15,26H2,1-3H3,(H,28,32). The van der Waals surface area contributed by atoms with Crippen LogP contribution in [0.1, 0.15) is 44.1 Å². The van der Waals surface area contributed by atoms with Gasteiger partial charge < -0.3 is 16.0 Å². The summed E-state index contributed by atoms with van der Waals surface area (Å²) in [5.41, 5.74) is 9.12. The van der Waals surface area contributed by atoms with Crippen LogP contribution in [0.5, 0.6) is 0 Å². The quantitative estimate of drug-likeness (QED) is 0.458. The Morgan fingerprint density at radius 2 is 2.09 bits per heavy atom. The molecule has 34 heavy (non-hydrogen) atoms. The van der Waals surface area contributed by atoms with Crippen molar-refractivity contribution in [3.8, 4) is 10.6 Å². The zero-order valence-electron chi connectivity index (χ0n) is 20.1. The summed E-state index contributed by atoms with van der Waals surface area (Å²) in [6, 6.07) is 8.26. The van der Waals surface area contributed by atoms with E-state index in [0.29, 0.717) is 13.1 Å². The molecule has 0 radical (unpaired) electrons. The number of hydrogen-bond donors (Lipinski definition) is 2. The second-order valence-corrected chi connectivity index (χ2v) is 10.9. The lowest BCUT2D eigenvalue weighted by atomic mass is 10.0. The molecule has 3 N–H and O–H groups in total. The van der Waals surface area contributed by atoms with E-state index < -0.39 is 0 Å². The summed E-state index contributed by atoms with van der Waals surface area (Å²) in [4.78, 5) is 35.4. The van der Waals surface area contributed by atoms with Crippen LogP contribution < -0.4 is 11.1 Å². The summed E-state index contributed by atoms with van der Waals surface area (Å²) in [6.07, 6.45) is 2.05. The Morgan fingerprint density at radius 1 is 1.29 bits per heavy atom. The fourth-order valence-corrected chi connectivity index (χ4v) is 6.86. The van der Waals surface area contributed by atoms with Crippen molar-refractivity contribution in [3.05, 3.63) is 34.7 Å². The molecule has 0 aliphatic carbocycles. The third-order valence-corrected chi connectivity index (χ3v) is 8.64. The van der Waals surface area contributed by atoms with Gasteiger partial charge in [0, 0.05) is 62.6 Å². The number of carbonyl (C=O) groups is 2. The van der Waals surface area contributed by atoms with Gasteiger partial charge in [-0.05, 0) is 37.5 Å². The minimum atomic E-state index is -0.0747. The van der Waals surface area contributed by atoms with Crippen LogP contribution in [0.4, 0.5) is 5.00 Å². The Balaban J connectivity index is 1.61. The Bertz CT molecular complexity index is 1140. The van der Waals surface area contributed by atoms with Gasteiger partial charge in [0.1, 0.15) is 10.0 Å². The maximum absolute atomic E-state index is 13.0. The fraction of sp³-hybridized carbons (Fsp3) is 0.480. The second-order valence-electron chi connectivity index (χ2n) is 8.78. The van der Waals surface area contributed by atoms with Crippen LogP contribution in [0, 0.1) is 0 Å². The first-order valence-electron chi connectivity index (χ1n) is 11.9. The molecule has 3 aromatic rings. The zero-order valence-corrected chi connectivity index (χ0v) is 21.7. The summed E-state index contributed by atoms with van der Waals surface area (Å²) >= 11 is 3.31. The summed E-state index contributed by atoms with van der Waals surface area (Å²) in [6.45, 7) is 9.35. The lowest BCUT2D eigenvalue weighted by Crippen LogP contribution is -2.38. The smallest absolute Gasteiger partial charge is 0.226 e. The van der Waals surface area contributed by atoms with E-state index in [1.54, 1.807) is 34.5 Å². The van der Waals surface area contributed by atoms with Gasteiger partial charge in [-0.15, -0.1) is 22.7 Å². The predicted molar refractivity (Wildman–Crippen MR) is 141 cm³/mol. The predicted octanol–water partition coefficient (Wildman–Crippen LogP) is 4.32. The van der Waals surface area contributed by atoms with E-state index in [1.807, 2.05) is 25.1 Å². The van der Waals surface area contributed by atoms with Crippen molar-refractivity contribution in [2.24, 2.45) is 5.73 Å². The molecule has 0 saturated carbocycles. The number of nitrogens with one attached hydrogen (secondary N) is 1. The SMILES string of the molecule is CCC(C)N(CCC(=O)Nc1sc2c(c1-c1nc3ccccc3s1)CCN(CCN)C2)C(C)=O. The van der Waals surface area contributed by atoms with Gasteiger partial charge in [0.05, 0.1) is 10.2 Å². The zero-order chi connectivity index (χ0) is 24.2. The number of carbonyl (C=O) groups excluding carboxylic acids is 2. The molecule has 2 aromatic heterocycles. The Kier molecular flexibility index (Phi) is 7.98. The molecule has 1 aliphatic rings. The third-order valence-electron chi connectivity index (χ3n) is 6.45. The van der Waals surface area contributed by atoms with Crippen molar-refractivity contribution in [1.29, 1.82) is 0 Å². The number of anilines is 1. The number of nitrogens with two attached hydrogens (primary N) is 1. The molecular weight excluding hydrogens is 466 g/mol. The van der Waals surface area contributed by atoms with E-state index in [1.165, 1.54) is 10.4 Å². The van der Waals surface area contributed by atoms with Gasteiger partial charge >= 0.3 is 0 Å². The van der Waals surface area contributed by atoms with Gasteiger partial charge in [0.2, 0.25) is 11.8 Å². The lowest BCUT2D eigenvalue weighted by Gasteiger charge is -2.27. The molecule has 7 nitrogen and oxygen atoms in total. The highest BCUT2D eigenvalue weighted by Crippen LogP contribution is 2.45. The molecule has 0 spiro atoms. The number of thiazole rings is 1. The molecule has 4 rings (SSSR count). The Morgan fingerprint density at radius 3 is 2.79 bits per heavy atom. The third kappa shape index (κ3) is 5.33. The number of fused-ring (bicyclic) bond motifs is 2. The van der Waals surface area contributed by atoms with E-state index in [0.717, 1.165) is 58.3 Å². The molecule has 2 amide bonds. The van der Waals surface area contributed by atoms with Gasteiger partial charge in [0.25, 0.3) is 0 Å². The number of para-hydroxylation sites is 1. The highest BCUT2D eigenvalue weighted by Gasteiger charge is 2.28. The molecule has 0 saturated heterocycles. The van der Waals surface area contributed by atoms with Crippen molar-refractivity contribution < 1.29 is 9.59 Å².